The van der Waals surface area contributed by atoms with Crippen molar-refractivity contribution >= 4 is 23.5 Å². The fourth-order valence-corrected chi connectivity index (χ4v) is 5.19. The zero-order valence-electron chi connectivity index (χ0n) is 14.2. The number of hydrogen-bond donors (Lipinski definition) is 1. The summed E-state index contributed by atoms with van der Waals surface area (Å²) in [5.41, 5.74) is 1.08. The van der Waals surface area contributed by atoms with E-state index in [0.717, 1.165) is 35.8 Å². The third kappa shape index (κ3) is 2.87. The molecule has 1 atom stereocenters. The predicted molar refractivity (Wildman–Crippen MR) is 100 cm³/mol. The first-order valence-corrected chi connectivity index (χ1v) is 10.2. The lowest BCUT2D eigenvalue weighted by Crippen LogP contribution is -2.30. The first-order chi connectivity index (χ1) is 12.2. The van der Waals surface area contributed by atoms with E-state index in [2.05, 4.69) is 32.2 Å². The van der Waals surface area contributed by atoms with Crippen LogP contribution in [0.15, 0.2) is 33.8 Å². The highest BCUT2D eigenvalue weighted by molar-refractivity contribution is 8.07. The van der Waals surface area contributed by atoms with Crippen LogP contribution in [0.5, 0.6) is 11.5 Å². The molecule has 1 N–H and O–H groups in total. The molecular formula is C17H20N4O2S2. The van der Waals surface area contributed by atoms with Crippen molar-refractivity contribution < 1.29 is 9.84 Å². The van der Waals surface area contributed by atoms with Gasteiger partial charge in [-0.3, -0.25) is 5.01 Å². The lowest BCUT2D eigenvalue weighted by Gasteiger charge is -2.26. The number of aromatic nitrogens is 3. The SMILES string of the molecule is CCCCc1nnc2n1N1C(=CSC1c1ccc(O)c(OCC)c1)S2. The molecule has 2 aliphatic heterocycles. The molecule has 0 bridgehead atoms. The molecule has 1 aromatic heterocycles. The Balaban J connectivity index is 1.67. The van der Waals surface area contributed by atoms with Gasteiger partial charge in [0.2, 0.25) is 5.16 Å². The maximum absolute atomic E-state index is 9.97. The van der Waals surface area contributed by atoms with E-state index in [9.17, 15) is 5.11 Å². The van der Waals surface area contributed by atoms with Gasteiger partial charge in [0.05, 0.1) is 6.61 Å². The average molecular weight is 377 g/mol. The highest BCUT2D eigenvalue weighted by Crippen LogP contribution is 2.51. The first kappa shape index (κ1) is 16.7. The molecule has 25 heavy (non-hydrogen) atoms. The molecule has 2 aromatic rings. The Morgan fingerprint density at radius 1 is 1.28 bits per heavy atom. The van der Waals surface area contributed by atoms with E-state index in [1.54, 1.807) is 29.6 Å². The molecule has 0 amide bonds. The standard InChI is InChI=1S/C17H20N4O2S2/c1-3-5-6-14-18-19-17-20(14)21-15(25-17)10-24-16(21)11-7-8-12(22)13(9-11)23-4-2/h7-10,16,22H,3-6H2,1-2H3. The van der Waals surface area contributed by atoms with Crippen LogP contribution in [-0.4, -0.2) is 26.6 Å². The lowest BCUT2D eigenvalue weighted by atomic mass is 10.2. The average Bonchev–Trinajstić information content (AvgIpc) is 3.27. The Kier molecular flexibility index (Phi) is 4.56. The topological polar surface area (TPSA) is 63.4 Å². The summed E-state index contributed by atoms with van der Waals surface area (Å²) in [6.45, 7) is 4.62. The molecule has 8 heteroatoms. The van der Waals surface area contributed by atoms with Crippen molar-refractivity contribution in [3.8, 4) is 11.5 Å². The maximum atomic E-state index is 9.97. The van der Waals surface area contributed by atoms with Crippen LogP contribution in [0.2, 0.25) is 0 Å². The van der Waals surface area contributed by atoms with Crippen LogP contribution in [0.4, 0.5) is 0 Å². The summed E-state index contributed by atoms with van der Waals surface area (Å²) in [6.07, 6.45) is 3.15. The molecule has 0 fully saturated rings. The number of aromatic hydroxyl groups is 1. The van der Waals surface area contributed by atoms with Crippen molar-refractivity contribution in [2.24, 2.45) is 0 Å². The summed E-state index contributed by atoms with van der Waals surface area (Å²) < 4.78 is 7.69. The lowest BCUT2D eigenvalue weighted by molar-refractivity contribution is 0.317. The van der Waals surface area contributed by atoms with Gasteiger partial charge >= 0.3 is 0 Å². The van der Waals surface area contributed by atoms with Crippen molar-refractivity contribution in [3.05, 3.63) is 40.0 Å². The van der Waals surface area contributed by atoms with Gasteiger partial charge in [-0.05, 0) is 42.8 Å². The Morgan fingerprint density at radius 2 is 2.16 bits per heavy atom. The number of benzene rings is 1. The highest BCUT2D eigenvalue weighted by Gasteiger charge is 2.39. The molecule has 0 aliphatic carbocycles. The van der Waals surface area contributed by atoms with Gasteiger partial charge < -0.3 is 9.84 Å². The fourth-order valence-electron chi connectivity index (χ4n) is 2.96. The summed E-state index contributed by atoms with van der Waals surface area (Å²) >= 11 is 3.40. The number of aryl methyl sites for hydroxylation is 1. The summed E-state index contributed by atoms with van der Waals surface area (Å²) in [6, 6.07) is 5.57. The molecule has 1 aromatic carbocycles. The van der Waals surface area contributed by atoms with E-state index in [1.165, 1.54) is 5.03 Å². The number of thioether (sulfide) groups is 2. The first-order valence-electron chi connectivity index (χ1n) is 8.46. The smallest absolute Gasteiger partial charge is 0.216 e. The second-order valence-electron chi connectivity index (χ2n) is 5.87. The predicted octanol–water partition coefficient (Wildman–Crippen LogP) is 4.01. The molecule has 0 saturated heterocycles. The van der Waals surface area contributed by atoms with Gasteiger partial charge in [-0.2, -0.15) is 0 Å². The molecule has 1 unspecified atom stereocenters. The Bertz CT molecular complexity index is 821. The Morgan fingerprint density at radius 3 is 2.96 bits per heavy atom. The maximum Gasteiger partial charge on any atom is 0.216 e. The quantitative estimate of drug-likeness (QED) is 0.817. The van der Waals surface area contributed by atoms with Gasteiger partial charge in [0.25, 0.3) is 0 Å². The van der Waals surface area contributed by atoms with E-state index in [-0.39, 0.29) is 11.1 Å². The van der Waals surface area contributed by atoms with Gasteiger partial charge in [-0.15, -0.1) is 10.2 Å². The minimum absolute atomic E-state index is 0.0833. The van der Waals surface area contributed by atoms with Crippen LogP contribution in [0, 0.1) is 0 Å². The second kappa shape index (κ2) is 6.84. The summed E-state index contributed by atoms with van der Waals surface area (Å²) in [4.78, 5) is 0. The van der Waals surface area contributed by atoms with Gasteiger partial charge in [0.1, 0.15) is 10.4 Å². The van der Waals surface area contributed by atoms with Crippen LogP contribution in [0.25, 0.3) is 0 Å². The minimum Gasteiger partial charge on any atom is -0.504 e. The normalized spacial score (nSPS) is 18.2. The number of nitrogens with zero attached hydrogens (tertiary/aromatic N) is 4. The zero-order chi connectivity index (χ0) is 17.4. The van der Waals surface area contributed by atoms with Crippen LogP contribution >= 0.6 is 23.5 Å². The molecular weight excluding hydrogens is 356 g/mol. The molecule has 0 saturated carbocycles. The molecule has 2 aliphatic rings. The van der Waals surface area contributed by atoms with E-state index in [4.69, 9.17) is 4.74 Å². The summed E-state index contributed by atoms with van der Waals surface area (Å²) in [7, 11) is 0. The summed E-state index contributed by atoms with van der Waals surface area (Å²) in [5.74, 6) is 1.70. The van der Waals surface area contributed by atoms with Gasteiger partial charge in [0, 0.05) is 11.8 Å². The number of unbranched alkanes of at least 4 members (excludes halogenated alkanes) is 1. The molecule has 0 radical (unpaired) electrons. The summed E-state index contributed by atoms with van der Waals surface area (Å²) in [5, 5.41) is 25.3. The molecule has 6 nitrogen and oxygen atoms in total. The third-order valence-corrected chi connectivity index (χ3v) is 6.35. The zero-order valence-corrected chi connectivity index (χ0v) is 15.8. The van der Waals surface area contributed by atoms with Crippen LogP contribution in [0.3, 0.4) is 0 Å². The molecule has 3 heterocycles. The van der Waals surface area contributed by atoms with Crippen LogP contribution in [0.1, 0.15) is 43.5 Å². The molecule has 4 rings (SSSR count). The monoisotopic (exact) mass is 376 g/mol. The second-order valence-corrected chi connectivity index (χ2v) is 7.81. The van der Waals surface area contributed by atoms with Crippen LogP contribution < -0.4 is 9.75 Å². The fraction of sp³-hybridized carbons (Fsp3) is 0.412. The number of hydrogen-bond acceptors (Lipinski definition) is 7. The van der Waals surface area contributed by atoms with E-state index >= 15 is 0 Å². The van der Waals surface area contributed by atoms with Crippen molar-refractivity contribution in [2.45, 2.75) is 43.6 Å². The number of fused-ring (bicyclic) bond motifs is 3. The van der Waals surface area contributed by atoms with Crippen molar-refractivity contribution in [1.29, 1.82) is 0 Å². The molecule has 0 spiro atoms. The number of phenols is 1. The number of ether oxygens (including phenoxy) is 1. The van der Waals surface area contributed by atoms with Crippen molar-refractivity contribution in [1.82, 2.24) is 14.9 Å². The van der Waals surface area contributed by atoms with E-state index in [0.29, 0.717) is 12.4 Å². The highest BCUT2D eigenvalue weighted by atomic mass is 32.2. The number of phenolic OH excluding ortho intramolecular Hbond substituents is 1. The minimum atomic E-state index is 0.0833. The van der Waals surface area contributed by atoms with E-state index < -0.39 is 0 Å². The molecule has 132 valence electrons. The van der Waals surface area contributed by atoms with Gasteiger partial charge in [-0.1, -0.05) is 31.2 Å². The Labute approximate surface area is 155 Å². The van der Waals surface area contributed by atoms with Gasteiger partial charge in [-0.25, -0.2) is 4.68 Å². The van der Waals surface area contributed by atoms with Gasteiger partial charge in [0.15, 0.2) is 17.3 Å². The van der Waals surface area contributed by atoms with Crippen LogP contribution in [-0.2, 0) is 6.42 Å². The van der Waals surface area contributed by atoms with E-state index in [1.807, 2.05) is 19.1 Å². The Hall–Kier alpha value is -1.80. The number of rotatable bonds is 6. The third-order valence-electron chi connectivity index (χ3n) is 4.16. The largest absolute Gasteiger partial charge is 0.504 e. The van der Waals surface area contributed by atoms with Crippen molar-refractivity contribution in [3.63, 3.8) is 0 Å². The van der Waals surface area contributed by atoms with Crippen molar-refractivity contribution in [2.75, 3.05) is 11.6 Å².